The van der Waals surface area contributed by atoms with Crippen LogP contribution in [0.2, 0.25) is 0 Å². The topological polar surface area (TPSA) is 67.5 Å². The highest BCUT2D eigenvalue weighted by Gasteiger charge is 2.49. The van der Waals surface area contributed by atoms with Crippen molar-refractivity contribution in [3.63, 3.8) is 0 Å². The van der Waals surface area contributed by atoms with E-state index in [0.29, 0.717) is 29.7 Å². The van der Waals surface area contributed by atoms with Crippen LogP contribution in [0.3, 0.4) is 0 Å². The molecule has 32 heavy (non-hydrogen) atoms. The van der Waals surface area contributed by atoms with E-state index in [1.54, 1.807) is 17.2 Å². The molecule has 1 saturated carbocycles. The molecule has 2 aliphatic rings. The quantitative estimate of drug-likeness (QED) is 0.639. The first-order chi connectivity index (χ1) is 15.3. The Balaban J connectivity index is 1.57. The number of hydrogen-bond donors (Lipinski definition) is 1. The molecule has 0 saturated heterocycles. The van der Waals surface area contributed by atoms with Gasteiger partial charge in [-0.3, -0.25) is 14.5 Å². The lowest BCUT2D eigenvalue weighted by Crippen LogP contribution is -2.66. The van der Waals surface area contributed by atoms with Crippen molar-refractivity contribution in [2.75, 3.05) is 4.90 Å². The fourth-order valence-electron chi connectivity index (χ4n) is 5.42. The molecule has 0 bridgehead atoms. The molecular weight excluding hydrogens is 402 g/mol. The summed E-state index contributed by atoms with van der Waals surface area (Å²) in [5.41, 5.74) is 2.82. The summed E-state index contributed by atoms with van der Waals surface area (Å²) in [6, 6.07) is 11.6. The van der Waals surface area contributed by atoms with Gasteiger partial charge in [-0.1, -0.05) is 44.4 Å². The molecule has 1 aliphatic heterocycles. The molecule has 0 radical (unpaired) electrons. The number of hydrogen-bond acceptors (Lipinski definition) is 3. The average molecular weight is 434 g/mol. The van der Waals surface area contributed by atoms with E-state index in [1.165, 1.54) is 6.42 Å². The van der Waals surface area contributed by atoms with Gasteiger partial charge in [-0.2, -0.15) is 0 Å². The molecule has 3 aromatic rings. The number of carbonyl (C=O) groups excluding carboxylic acids is 2. The molecule has 168 valence electrons. The molecular formula is C26H31N3O3. The molecule has 1 aliphatic carbocycles. The fourth-order valence-corrected chi connectivity index (χ4v) is 5.42. The molecule has 1 fully saturated rings. The summed E-state index contributed by atoms with van der Waals surface area (Å²) in [5, 5.41) is 3.34. The van der Waals surface area contributed by atoms with Crippen LogP contribution in [-0.2, 0) is 11.3 Å². The highest BCUT2D eigenvalue weighted by Crippen LogP contribution is 2.37. The minimum atomic E-state index is -1.07. The Morgan fingerprint density at radius 2 is 1.91 bits per heavy atom. The normalized spacial score (nSPS) is 28.1. The maximum absolute atomic E-state index is 13.9. The highest BCUT2D eigenvalue weighted by molar-refractivity contribution is 6.13. The molecule has 1 aromatic carbocycles. The Morgan fingerprint density at radius 1 is 1.16 bits per heavy atom. The van der Waals surface area contributed by atoms with Gasteiger partial charge >= 0.3 is 0 Å². The van der Waals surface area contributed by atoms with E-state index in [9.17, 15) is 9.59 Å². The zero-order valence-electron chi connectivity index (χ0n) is 19.2. The van der Waals surface area contributed by atoms with Crippen molar-refractivity contribution in [1.29, 1.82) is 0 Å². The van der Waals surface area contributed by atoms with E-state index in [2.05, 4.69) is 19.2 Å². The van der Waals surface area contributed by atoms with Crippen molar-refractivity contribution in [2.45, 2.75) is 65.1 Å². The Hall–Kier alpha value is -3.02. The number of aryl methyl sites for hydroxylation is 1. The van der Waals surface area contributed by atoms with Gasteiger partial charge < -0.3 is 14.3 Å². The van der Waals surface area contributed by atoms with E-state index >= 15 is 0 Å². The van der Waals surface area contributed by atoms with E-state index in [0.717, 1.165) is 29.6 Å². The van der Waals surface area contributed by atoms with Crippen LogP contribution in [0.25, 0.3) is 11.1 Å². The number of nitrogens with one attached hydrogen (secondary N) is 1. The number of aromatic nitrogens is 1. The summed E-state index contributed by atoms with van der Waals surface area (Å²) in [5.74, 6) is 0.693. The van der Waals surface area contributed by atoms with Crippen molar-refractivity contribution in [3.05, 3.63) is 53.9 Å². The number of amides is 2. The monoisotopic (exact) mass is 433 g/mol. The van der Waals surface area contributed by atoms with Crippen LogP contribution in [0.15, 0.2) is 47.1 Å². The van der Waals surface area contributed by atoms with Gasteiger partial charge in [0.1, 0.15) is 11.2 Å². The number of furan rings is 1. The Labute approximate surface area is 188 Å². The van der Waals surface area contributed by atoms with Crippen LogP contribution in [0, 0.1) is 18.8 Å². The van der Waals surface area contributed by atoms with E-state index in [1.807, 2.05) is 48.7 Å². The van der Waals surface area contributed by atoms with Crippen molar-refractivity contribution >= 4 is 28.6 Å². The van der Waals surface area contributed by atoms with E-state index < -0.39 is 5.54 Å². The number of rotatable bonds is 3. The van der Waals surface area contributed by atoms with Crippen molar-refractivity contribution in [3.8, 4) is 0 Å². The van der Waals surface area contributed by atoms with Gasteiger partial charge in [-0.25, -0.2) is 0 Å². The molecule has 1 N–H and O–H groups in total. The average Bonchev–Trinajstić information content (AvgIpc) is 3.35. The van der Waals surface area contributed by atoms with Crippen LogP contribution in [0.5, 0.6) is 0 Å². The van der Waals surface area contributed by atoms with Crippen LogP contribution < -0.4 is 10.2 Å². The van der Waals surface area contributed by atoms with E-state index in [-0.39, 0.29) is 17.9 Å². The van der Waals surface area contributed by atoms with Crippen molar-refractivity contribution < 1.29 is 14.0 Å². The van der Waals surface area contributed by atoms with Crippen LogP contribution in [-0.4, -0.2) is 28.0 Å². The minimum absolute atomic E-state index is 0.103. The number of benzene rings is 1. The number of anilines is 1. The molecule has 2 aromatic heterocycles. The predicted molar refractivity (Wildman–Crippen MR) is 125 cm³/mol. The molecule has 6 heteroatoms. The van der Waals surface area contributed by atoms with Gasteiger partial charge in [-0.15, -0.1) is 0 Å². The summed E-state index contributed by atoms with van der Waals surface area (Å²) < 4.78 is 7.49. The highest BCUT2D eigenvalue weighted by atomic mass is 16.3. The van der Waals surface area contributed by atoms with Crippen molar-refractivity contribution in [2.24, 2.45) is 11.8 Å². The second-order valence-corrected chi connectivity index (χ2v) is 9.88. The maximum atomic E-state index is 13.9. The molecule has 5 rings (SSSR count). The van der Waals surface area contributed by atoms with Gasteiger partial charge in [0.05, 0.1) is 18.3 Å². The Bertz CT molecular complexity index is 1170. The molecule has 0 spiro atoms. The van der Waals surface area contributed by atoms with Gasteiger partial charge in [0.25, 0.3) is 5.91 Å². The summed E-state index contributed by atoms with van der Waals surface area (Å²) in [6.07, 6.45) is 4.92. The van der Waals surface area contributed by atoms with Gasteiger partial charge in [0.2, 0.25) is 5.91 Å². The second kappa shape index (κ2) is 7.54. The zero-order valence-corrected chi connectivity index (χ0v) is 19.2. The standard InChI is InChI=1S/C26H31N3O3/c1-16-8-10-19(11-9-16)29-24(30)22-14-23-21(12-13-32-23)28(22)15-26(29,4)25(31)27-20-7-5-6-17(2)18(20)3/h8-14,17-18,20H,5-7,15H2,1-4H3,(H,27,31)/t17-,18-,20+,26+/m0/s1. The molecule has 6 nitrogen and oxygen atoms in total. The Morgan fingerprint density at radius 3 is 2.66 bits per heavy atom. The smallest absolute Gasteiger partial charge is 0.276 e. The maximum Gasteiger partial charge on any atom is 0.276 e. The first kappa shape index (κ1) is 20.9. The first-order valence-electron chi connectivity index (χ1n) is 11.6. The molecule has 2 amide bonds. The summed E-state index contributed by atoms with van der Waals surface area (Å²) in [6.45, 7) is 8.74. The Kier molecular flexibility index (Phi) is 4.91. The third kappa shape index (κ3) is 3.15. The van der Waals surface area contributed by atoms with Gasteiger partial charge in [0, 0.05) is 23.9 Å². The van der Waals surface area contributed by atoms with Crippen LogP contribution in [0.1, 0.15) is 56.1 Å². The van der Waals surface area contributed by atoms with Crippen molar-refractivity contribution in [1.82, 2.24) is 9.88 Å². The SMILES string of the molecule is Cc1ccc(N2C(=O)c3cc4occc4n3C[C@]2(C)C(=O)N[C@@H]2CCC[C@H](C)[C@@H]2C)cc1. The summed E-state index contributed by atoms with van der Waals surface area (Å²) >= 11 is 0. The largest absolute Gasteiger partial charge is 0.463 e. The number of carbonyl (C=O) groups is 2. The third-order valence-electron chi connectivity index (χ3n) is 7.71. The molecule has 0 unspecified atom stereocenters. The third-order valence-corrected chi connectivity index (χ3v) is 7.71. The lowest BCUT2D eigenvalue weighted by atomic mass is 9.77. The lowest BCUT2D eigenvalue weighted by Gasteiger charge is -2.45. The zero-order chi connectivity index (χ0) is 22.6. The first-order valence-corrected chi connectivity index (χ1v) is 11.6. The predicted octanol–water partition coefficient (Wildman–Crippen LogP) is 4.90. The second-order valence-electron chi connectivity index (χ2n) is 9.88. The number of nitrogens with zero attached hydrogens (tertiary/aromatic N) is 2. The van der Waals surface area contributed by atoms with Gasteiger partial charge in [-0.05, 0) is 44.2 Å². The fraction of sp³-hybridized carbons (Fsp3) is 0.462. The number of fused-ring (bicyclic) bond motifs is 3. The van der Waals surface area contributed by atoms with E-state index in [4.69, 9.17) is 4.42 Å². The van der Waals surface area contributed by atoms with Crippen LogP contribution >= 0.6 is 0 Å². The van der Waals surface area contributed by atoms with Gasteiger partial charge in [0.15, 0.2) is 5.58 Å². The summed E-state index contributed by atoms with van der Waals surface area (Å²) in [4.78, 5) is 29.4. The lowest BCUT2D eigenvalue weighted by molar-refractivity contribution is -0.128. The minimum Gasteiger partial charge on any atom is -0.463 e. The molecule has 4 atom stereocenters. The molecule has 3 heterocycles. The van der Waals surface area contributed by atoms with Crippen LogP contribution in [0.4, 0.5) is 5.69 Å². The summed E-state index contributed by atoms with van der Waals surface area (Å²) in [7, 11) is 0.